The quantitative estimate of drug-likeness (QED) is 0.725. The normalized spacial score (nSPS) is 10.0. The van der Waals surface area contributed by atoms with E-state index in [0.29, 0.717) is 4.68 Å². The van der Waals surface area contributed by atoms with E-state index in [9.17, 15) is 4.79 Å². The van der Waals surface area contributed by atoms with E-state index in [1.54, 1.807) is 0 Å². The van der Waals surface area contributed by atoms with Crippen molar-refractivity contribution in [3.8, 4) is 0 Å². The molecule has 0 aromatic heterocycles. The van der Waals surface area contributed by atoms with Crippen molar-refractivity contribution < 1.29 is 4.79 Å². The Kier molecular flexibility index (Phi) is 4.63. The topological polar surface area (TPSA) is 17.1 Å². The number of rotatable bonds is 4. The summed E-state index contributed by atoms with van der Waals surface area (Å²) < 4.78 is 1.71. The number of hydrogen-bond acceptors (Lipinski definition) is 1. The van der Waals surface area contributed by atoms with E-state index in [4.69, 9.17) is 0 Å². The number of carbonyl (C=O) groups is 1. The summed E-state index contributed by atoms with van der Waals surface area (Å²) in [6, 6.07) is 20.0. The van der Waals surface area contributed by atoms with Gasteiger partial charge in [0.2, 0.25) is 0 Å². The second-order valence-electron chi connectivity index (χ2n) is 3.13. The molecule has 2 rings (SSSR count). The molecular formula is C13H10OSeTe. The molecule has 0 spiro atoms. The fourth-order valence-electron chi connectivity index (χ4n) is 1.18. The molecule has 2 aromatic rings. The maximum atomic E-state index is 11.9. The Morgan fingerprint density at radius 1 is 0.875 bits per heavy atom. The second-order valence-corrected chi connectivity index (χ2v) is 10.9. The predicted octanol–water partition coefficient (Wildman–Crippen LogP) is 1.48. The first kappa shape index (κ1) is 11.9. The molecule has 0 fully saturated rings. The zero-order valence-electron chi connectivity index (χ0n) is 8.50. The van der Waals surface area contributed by atoms with Gasteiger partial charge in [0.15, 0.2) is 0 Å². The van der Waals surface area contributed by atoms with Crippen LogP contribution in [0.3, 0.4) is 0 Å². The van der Waals surface area contributed by atoms with E-state index in [0.717, 1.165) is 5.56 Å². The molecule has 0 saturated heterocycles. The zero-order valence-corrected chi connectivity index (χ0v) is 12.5. The zero-order chi connectivity index (χ0) is 11.2. The van der Waals surface area contributed by atoms with Gasteiger partial charge in [-0.2, -0.15) is 0 Å². The monoisotopic (exact) mass is 392 g/mol. The molecule has 2 aromatic carbocycles. The Morgan fingerprint density at radius 2 is 1.44 bits per heavy atom. The van der Waals surface area contributed by atoms with Gasteiger partial charge in [-0.25, -0.2) is 0 Å². The van der Waals surface area contributed by atoms with Crippen LogP contribution in [-0.2, 0) is 0 Å². The summed E-state index contributed by atoms with van der Waals surface area (Å²) in [5.41, 5.74) is 0.864. The summed E-state index contributed by atoms with van der Waals surface area (Å²) in [5, 5.41) is 0. The van der Waals surface area contributed by atoms with Gasteiger partial charge in [0.05, 0.1) is 0 Å². The number of benzene rings is 2. The third kappa shape index (κ3) is 3.47. The SMILES string of the molecule is O=C([Se][Te]c1ccccc1)c1ccccc1. The van der Waals surface area contributed by atoms with E-state index in [1.807, 2.05) is 48.5 Å². The van der Waals surface area contributed by atoms with Crippen molar-refractivity contribution in [3.05, 3.63) is 66.2 Å². The molecular weight excluding hydrogens is 379 g/mol. The molecule has 3 heteroatoms. The van der Waals surface area contributed by atoms with Gasteiger partial charge in [-0.3, -0.25) is 0 Å². The van der Waals surface area contributed by atoms with Crippen LogP contribution in [0.15, 0.2) is 60.7 Å². The van der Waals surface area contributed by atoms with Crippen molar-refractivity contribution in [1.82, 2.24) is 0 Å². The van der Waals surface area contributed by atoms with Crippen molar-refractivity contribution in [2.45, 2.75) is 0 Å². The van der Waals surface area contributed by atoms with Crippen LogP contribution in [0, 0.1) is 0 Å². The van der Waals surface area contributed by atoms with E-state index >= 15 is 0 Å². The van der Waals surface area contributed by atoms with E-state index in [2.05, 4.69) is 12.1 Å². The third-order valence-corrected chi connectivity index (χ3v) is 10.5. The first-order valence-electron chi connectivity index (χ1n) is 4.85. The van der Waals surface area contributed by atoms with Gasteiger partial charge in [0, 0.05) is 0 Å². The molecule has 0 aliphatic carbocycles. The van der Waals surface area contributed by atoms with Crippen LogP contribution in [-0.4, -0.2) is 35.1 Å². The molecule has 0 N–H and O–H groups in total. The average molecular weight is 389 g/mol. The Balaban J connectivity index is 1.95. The van der Waals surface area contributed by atoms with Crippen LogP contribution in [0.4, 0.5) is 0 Å². The van der Waals surface area contributed by atoms with Gasteiger partial charge in [0.1, 0.15) is 0 Å². The molecule has 0 aliphatic heterocycles. The molecule has 16 heavy (non-hydrogen) atoms. The fraction of sp³-hybridized carbons (Fsp3) is 0. The van der Waals surface area contributed by atoms with Crippen molar-refractivity contribution in [2.75, 3.05) is 0 Å². The van der Waals surface area contributed by atoms with Gasteiger partial charge in [-0.15, -0.1) is 0 Å². The van der Waals surface area contributed by atoms with Crippen LogP contribution in [0.5, 0.6) is 0 Å². The maximum absolute atomic E-state index is 11.9. The van der Waals surface area contributed by atoms with Gasteiger partial charge < -0.3 is 0 Å². The molecule has 0 atom stereocenters. The number of hydrogen-bond donors (Lipinski definition) is 0. The van der Waals surface area contributed by atoms with Crippen LogP contribution in [0.25, 0.3) is 0 Å². The standard InChI is InChI=1S/C13H10OSeTe/c14-13(11-7-3-1-4-8-11)15-16-12-9-5-2-6-10-12/h1-10H. The molecule has 0 bridgehead atoms. The van der Waals surface area contributed by atoms with Gasteiger partial charge in [-0.05, 0) is 0 Å². The Labute approximate surface area is 109 Å². The van der Waals surface area contributed by atoms with E-state index < -0.39 is 0 Å². The van der Waals surface area contributed by atoms with Crippen LogP contribution in [0.2, 0.25) is 0 Å². The van der Waals surface area contributed by atoms with Crippen LogP contribution in [0.1, 0.15) is 10.4 Å². The Hall–Kier alpha value is -0.581. The van der Waals surface area contributed by atoms with Crippen molar-refractivity contribution in [1.29, 1.82) is 0 Å². The Bertz CT molecular complexity index is 456. The van der Waals surface area contributed by atoms with Crippen LogP contribution >= 0.6 is 0 Å². The van der Waals surface area contributed by atoms with Crippen molar-refractivity contribution in [2.24, 2.45) is 0 Å². The summed E-state index contributed by atoms with van der Waals surface area (Å²) in [6.07, 6.45) is 0. The number of carbonyl (C=O) groups excluding carboxylic acids is 1. The molecule has 1 nitrogen and oxygen atoms in total. The molecule has 0 amide bonds. The molecule has 0 aliphatic rings. The van der Waals surface area contributed by atoms with E-state index in [-0.39, 0.29) is 30.5 Å². The van der Waals surface area contributed by atoms with E-state index in [1.165, 1.54) is 3.61 Å². The summed E-state index contributed by atoms with van der Waals surface area (Å²) in [6.45, 7) is 0. The van der Waals surface area contributed by atoms with Gasteiger partial charge >= 0.3 is 110 Å². The third-order valence-electron chi connectivity index (χ3n) is 1.97. The molecule has 0 unspecified atom stereocenters. The predicted molar refractivity (Wildman–Crippen MR) is 68.4 cm³/mol. The minimum atomic E-state index is -0.309. The second kappa shape index (κ2) is 6.23. The summed E-state index contributed by atoms with van der Waals surface area (Å²) in [4.78, 5) is 11.9. The Morgan fingerprint density at radius 3 is 2.06 bits per heavy atom. The minimum absolute atomic E-state index is 0.133. The molecule has 0 saturated carbocycles. The molecule has 80 valence electrons. The van der Waals surface area contributed by atoms with Crippen molar-refractivity contribution >= 4 is 38.8 Å². The molecule has 0 heterocycles. The first-order chi connectivity index (χ1) is 7.86. The van der Waals surface area contributed by atoms with Crippen molar-refractivity contribution in [3.63, 3.8) is 0 Å². The average Bonchev–Trinajstić information content (AvgIpc) is 2.38. The van der Waals surface area contributed by atoms with Gasteiger partial charge in [-0.1, -0.05) is 0 Å². The first-order valence-corrected chi connectivity index (χ1v) is 12.5. The molecule has 0 radical (unpaired) electrons. The fourth-order valence-corrected chi connectivity index (χ4v) is 8.34. The summed E-state index contributed by atoms with van der Waals surface area (Å²) >= 11 is -0.176. The summed E-state index contributed by atoms with van der Waals surface area (Å²) in [7, 11) is 0. The summed E-state index contributed by atoms with van der Waals surface area (Å²) in [5.74, 6) is 0. The van der Waals surface area contributed by atoms with Gasteiger partial charge in [0.25, 0.3) is 0 Å². The van der Waals surface area contributed by atoms with Crippen LogP contribution < -0.4 is 3.61 Å².